The largest absolute Gasteiger partial charge is 0.451 e. The molecule has 3 aliphatic rings. The van der Waals surface area contributed by atoms with Crippen molar-refractivity contribution >= 4 is 5.82 Å². The number of aromatic nitrogens is 2. The van der Waals surface area contributed by atoms with Crippen LogP contribution < -0.4 is 9.64 Å². The molecule has 0 amide bonds. The van der Waals surface area contributed by atoms with E-state index < -0.39 is 0 Å². The van der Waals surface area contributed by atoms with Crippen molar-refractivity contribution in [1.82, 2.24) is 14.9 Å². The highest BCUT2D eigenvalue weighted by Crippen LogP contribution is 2.45. The summed E-state index contributed by atoms with van der Waals surface area (Å²) < 4.78 is 26.3. The van der Waals surface area contributed by atoms with Crippen LogP contribution in [0.15, 0.2) is 55.0 Å². The molecule has 3 fully saturated rings. The molecule has 0 unspecified atom stereocenters. The van der Waals surface area contributed by atoms with Crippen molar-refractivity contribution in [3.05, 3.63) is 66.4 Å². The lowest BCUT2D eigenvalue weighted by atomic mass is 9.72. The average molecular weight is 503 g/mol. The standard InChI is InChI=1S/C30H35FN4O2/c1-21(2)24-5-3-4-6-25(24)26-13-23(31)7-8-27(26)37-28-14-32-20-33-29(28)35-18-30(19-35)16-34(17-30)15-22-9-11-36-12-10-22/h3-8,13-14,20-22H,9-12,15-19H2,1-2H3. The Kier molecular flexibility index (Phi) is 6.59. The summed E-state index contributed by atoms with van der Waals surface area (Å²) in [5.74, 6) is 2.79. The molecular weight excluding hydrogens is 467 g/mol. The molecule has 6 nitrogen and oxygen atoms in total. The third kappa shape index (κ3) is 4.94. The van der Waals surface area contributed by atoms with Gasteiger partial charge in [-0.1, -0.05) is 38.1 Å². The third-order valence-electron chi connectivity index (χ3n) is 8.02. The second-order valence-electron chi connectivity index (χ2n) is 11.3. The third-order valence-corrected chi connectivity index (χ3v) is 8.02. The van der Waals surface area contributed by atoms with Gasteiger partial charge in [0.2, 0.25) is 0 Å². The van der Waals surface area contributed by atoms with Gasteiger partial charge in [-0.15, -0.1) is 0 Å². The predicted octanol–water partition coefficient (Wildman–Crippen LogP) is 5.75. The maximum Gasteiger partial charge on any atom is 0.188 e. The van der Waals surface area contributed by atoms with Gasteiger partial charge in [0.25, 0.3) is 0 Å². The van der Waals surface area contributed by atoms with Crippen molar-refractivity contribution in [2.75, 3.05) is 50.8 Å². The monoisotopic (exact) mass is 502 g/mol. The van der Waals surface area contributed by atoms with Crippen LogP contribution in [-0.4, -0.2) is 60.8 Å². The smallest absolute Gasteiger partial charge is 0.188 e. The van der Waals surface area contributed by atoms with Crippen LogP contribution in [0.2, 0.25) is 0 Å². The van der Waals surface area contributed by atoms with Gasteiger partial charge in [0, 0.05) is 56.9 Å². The molecule has 1 aromatic heterocycles. The van der Waals surface area contributed by atoms with E-state index >= 15 is 0 Å². The number of nitrogens with zero attached hydrogens (tertiary/aromatic N) is 4. The number of hydrogen-bond donors (Lipinski definition) is 0. The fourth-order valence-corrected chi connectivity index (χ4v) is 6.22. The van der Waals surface area contributed by atoms with Gasteiger partial charge in [-0.3, -0.25) is 0 Å². The van der Waals surface area contributed by atoms with E-state index in [0.717, 1.165) is 67.8 Å². The number of rotatable bonds is 7. The van der Waals surface area contributed by atoms with Crippen LogP contribution in [0.3, 0.4) is 0 Å². The maximum atomic E-state index is 14.4. The number of benzene rings is 2. The number of anilines is 1. The van der Waals surface area contributed by atoms with E-state index in [0.29, 0.717) is 22.8 Å². The number of hydrogen-bond acceptors (Lipinski definition) is 6. The highest BCUT2D eigenvalue weighted by Gasteiger charge is 2.52. The van der Waals surface area contributed by atoms with Crippen LogP contribution in [0.1, 0.15) is 38.2 Å². The summed E-state index contributed by atoms with van der Waals surface area (Å²) in [6, 6.07) is 12.8. The fraction of sp³-hybridized carbons (Fsp3) is 0.467. The van der Waals surface area contributed by atoms with E-state index in [-0.39, 0.29) is 5.82 Å². The van der Waals surface area contributed by atoms with Gasteiger partial charge in [0.15, 0.2) is 11.6 Å². The Balaban J connectivity index is 1.17. The lowest BCUT2D eigenvalue weighted by Crippen LogP contribution is -2.72. The normalized spacial score (nSPS) is 19.6. The lowest BCUT2D eigenvalue weighted by molar-refractivity contribution is -0.0430. The Labute approximate surface area is 218 Å². The zero-order valence-electron chi connectivity index (χ0n) is 21.7. The van der Waals surface area contributed by atoms with Crippen molar-refractivity contribution in [3.63, 3.8) is 0 Å². The molecule has 194 valence electrons. The summed E-state index contributed by atoms with van der Waals surface area (Å²) in [6.07, 6.45) is 5.66. The maximum absolute atomic E-state index is 14.4. The van der Waals surface area contributed by atoms with Crippen LogP contribution in [0.4, 0.5) is 10.2 Å². The summed E-state index contributed by atoms with van der Waals surface area (Å²) in [5.41, 5.74) is 3.22. The molecule has 3 saturated heterocycles. The van der Waals surface area contributed by atoms with Gasteiger partial charge in [0.05, 0.1) is 6.20 Å². The summed E-state index contributed by atoms with van der Waals surface area (Å²) in [6.45, 7) is 11.5. The predicted molar refractivity (Wildman–Crippen MR) is 143 cm³/mol. The van der Waals surface area contributed by atoms with Gasteiger partial charge in [-0.2, -0.15) is 0 Å². The Morgan fingerprint density at radius 3 is 2.59 bits per heavy atom. The van der Waals surface area contributed by atoms with Crippen LogP contribution in [-0.2, 0) is 4.74 Å². The van der Waals surface area contributed by atoms with Gasteiger partial charge in [0.1, 0.15) is 17.9 Å². The van der Waals surface area contributed by atoms with Crippen LogP contribution in [0.5, 0.6) is 11.5 Å². The highest BCUT2D eigenvalue weighted by atomic mass is 19.1. The van der Waals surface area contributed by atoms with Crippen LogP contribution in [0, 0.1) is 17.2 Å². The van der Waals surface area contributed by atoms with Gasteiger partial charge >= 0.3 is 0 Å². The molecule has 3 aliphatic heterocycles. The molecule has 2 aromatic carbocycles. The van der Waals surface area contributed by atoms with Gasteiger partial charge < -0.3 is 19.3 Å². The molecule has 4 heterocycles. The average Bonchev–Trinajstić information content (AvgIpc) is 2.87. The Hall–Kier alpha value is -3.03. The van der Waals surface area contributed by atoms with Crippen molar-refractivity contribution in [1.29, 1.82) is 0 Å². The highest BCUT2D eigenvalue weighted by molar-refractivity contribution is 5.75. The van der Waals surface area contributed by atoms with Crippen LogP contribution >= 0.6 is 0 Å². The number of ether oxygens (including phenoxy) is 2. The first-order valence-electron chi connectivity index (χ1n) is 13.4. The topological polar surface area (TPSA) is 50.7 Å². The summed E-state index contributed by atoms with van der Waals surface area (Å²) in [5, 5.41) is 0. The molecule has 3 aromatic rings. The molecule has 0 bridgehead atoms. The first kappa shape index (κ1) is 24.3. The second kappa shape index (κ2) is 10.0. The molecule has 37 heavy (non-hydrogen) atoms. The van der Waals surface area contributed by atoms with E-state index in [4.69, 9.17) is 9.47 Å². The Bertz CT molecular complexity index is 1250. The first-order valence-corrected chi connectivity index (χ1v) is 13.4. The van der Waals surface area contributed by atoms with E-state index in [9.17, 15) is 4.39 Å². The van der Waals surface area contributed by atoms with Gasteiger partial charge in [-0.05, 0) is 54.0 Å². The van der Waals surface area contributed by atoms with Crippen molar-refractivity contribution in [3.8, 4) is 22.6 Å². The molecular formula is C30H35FN4O2. The summed E-state index contributed by atoms with van der Waals surface area (Å²) in [4.78, 5) is 13.7. The zero-order valence-corrected chi connectivity index (χ0v) is 21.7. The van der Waals surface area contributed by atoms with Crippen molar-refractivity contribution in [2.45, 2.75) is 32.6 Å². The fourth-order valence-electron chi connectivity index (χ4n) is 6.22. The molecule has 0 aliphatic carbocycles. The molecule has 0 radical (unpaired) electrons. The molecule has 0 N–H and O–H groups in total. The number of likely N-dealkylation sites (tertiary alicyclic amines) is 1. The molecule has 6 rings (SSSR count). The van der Waals surface area contributed by atoms with E-state index in [1.165, 1.54) is 25.5 Å². The Morgan fingerprint density at radius 1 is 1.03 bits per heavy atom. The van der Waals surface area contributed by atoms with E-state index in [1.807, 2.05) is 18.2 Å². The molecule has 0 saturated carbocycles. The quantitative estimate of drug-likeness (QED) is 0.410. The second-order valence-corrected chi connectivity index (χ2v) is 11.3. The van der Waals surface area contributed by atoms with Crippen molar-refractivity contribution < 1.29 is 13.9 Å². The van der Waals surface area contributed by atoms with Gasteiger partial charge in [-0.25, -0.2) is 14.4 Å². The lowest BCUT2D eigenvalue weighted by Gasteiger charge is -2.61. The summed E-state index contributed by atoms with van der Waals surface area (Å²) >= 11 is 0. The van der Waals surface area contributed by atoms with E-state index in [2.05, 4.69) is 39.7 Å². The molecule has 1 spiro atoms. The van der Waals surface area contributed by atoms with Crippen LogP contribution in [0.25, 0.3) is 11.1 Å². The first-order chi connectivity index (χ1) is 18.0. The molecule has 7 heteroatoms. The van der Waals surface area contributed by atoms with E-state index in [1.54, 1.807) is 24.7 Å². The molecule has 0 atom stereocenters. The minimum absolute atomic E-state index is 0.287. The Morgan fingerprint density at radius 2 is 1.81 bits per heavy atom. The minimum atomic E-state index is -0.287. The van der Waals surface area contributed by atoms with Crippen molar-refractivity contribution in [2.24, 2.45) is 11.3 Å². The SMILES string of the molecule is CC(C)c1ccccc1-c1cc(F)ccc1Oc1cncnc1N1CC2(CN(CC3CCOCC3)C2)C1. The minimum Gasteiger partial charge on any atom is -0.451 e. The summed E-state index contributed by atoms with van der Waals surface area (Å²) in [7, 11) is 0. The zero-order chi connectivity index (χ0) is 25.4. The number of halogens is 1.